The van der Waals surface area contributed by atoms with Crippen molar-refractivity contribution in [2.75, 3.05) is 30.8 Å². The standard InChI is InChI=1S/C24H31F3N4O4/c1-15(2)31(16(3)4)13-12-28-22(32)20-11-8-18(14-21(20)34-5)30-23(33)29-17-6-9-19(10-7-17)35-24(25,26)27/h6-11,14-16H,12-13H2,1-5H3,(H,28,32)(H2,29,30,33). The summed E-state index contributed by atoms with van der Waals surface area (Å²) in [5.41, 5.74) is 0.940. The highest BCUT2D eigenvalue weighted by molar-refractivity contribution is 6.01. The molecule has 0 aromatic heterocycles. The summed E-state index contributed by atoms with van der Waals surface area (Å²) in [5.74, 6) is -0.423. The van der Waals surface area contributed by atoms with Crippen LogP contribution in [0.5, 0.6) is 11.5 Å². The molecule has 0 spiro atoms. The Bertz CT molecular complexity index is 987. The van der Waals surface area contributed by atoms with Crippen LogP contribution in [0.1, 0.15) is 38.1 Å². The van der Waals surface area contributed by atoms with Crippen LogP contribution in [-0.2, 0) is 0 Å². The van der Waals surface area contributed by atoms with E-state index >= 15 is 0 Å². The molecule has 0 aliphatic carbocycles. The Labute approximate surface area is 202 Å². The highest BCUT2D eigenvalue weighted by atomic mass is 19.4. The van der Waals surface area contributed by atoms with Crippen molar-refractivity contribution in [3.8, 4) is 11.5 Å². The third-order valence-electron chi connectivity index (χ3n) is 5.03. The normalized spacial score (nSPS) is 11.5. The fourth-order valence-electron chi connectivity index (χ4n) is 3.50. The van der Waals surface area contributed by atoms with E-state index in [4.69, 9.17) is 4.74 Å². The molecule has 0 atom stereocenters. The molecule has 0 saturated heterocycles. The van der Waals surface area contributed by atoms with Crippen molar-refractivity contribution in [2.24, 2.45) is 0 Å². The molecule has 8 nitrogen and oxygen atoms in total. The van der Waals surface area contributed by atoms with E-state index in [1.807, 2.05) is 0 Å². The number of carbonyl (C=O) groups excluding carboxylic acids is 2. The van der Waals surface area contributed by atoms with Gasteiger partial charge in [0.1, 0.15) is 11.5 Å². The van der Waals surface area contributed by atoms with Crippen molar-refractivity contribution in [3.63, 3.8) is 0 Å². The van der Waals surface area contributed by atoms with Gasteiger partial charge in [0.25, 0.3) is 5.91 Å². The number of methoxy groups -OCH3 is 1. The summed E-state index contributed by atoms with van der Waals surface area (Å²) in [7, 11) is 1.42. The van der Waals surface area contributed by atoms with Crippen LogP contribution in [0.4, 0.5) is 29.3 Å². The molecule has 0 aliphatic rings. The summed E-state index contributed by atoms with van der Waals surface area (Å²) in [6, 6.07) is 9.37. The van der Waals surface area contributed by atoms with Gasteiger partial charge >= 0.3 is 12.4 Å². The smallest absolute Gasteiger partial charge is 0.496 e. The minimum atomic E-state index is -4.79. The molecule has 2 aromatic rings. The quantitative estimate of drug-likeness (QED) is 0.426. The van der Waals surface area contributed by atoms with Gasteiger partial charge in [0.15, 0.2) is 0 Å². The second kappa shape index (κ2) is 12.3. The number of carbonyl (C=O) groups is 2. The second-order valence-corrected chi connectivity index (χ2v) is 8.25. The van der Waals surface area contributed by atoms with Crippen LogP contribution in [0.2, 0.25) is 0 Å². The summed E-state index contributed by atoms with van der Waals surface area (Å²) in [4.78, 5) is 27.2. The van der Waals surface area contributed by atoms with Crippen LogP contribution in [0.25, 0.3) is 0 Å². The Morgan fingerprint density at radius 2 is 1.51 bits per heavy atom. The van der Waals surface area contributed by atoms with E-state index in [1.165, 1.54) is 31.4 Å². The number of benzene rings is 2. The lowest BCUT2D eigenvalue weighted by molar-refractivity contribution is -0.274. The van der Waals surface area contributed by atoms with Gasteiger partial charge in [-0.05, 0) is 64.1 Å². The Kier molecular flexibility index (Phi) is 9.76. The highest BCUT2D eigenvalue weighted by Gasteiger charge is 2.31. The fourth-order valence-corrected chi connectivity index (χ4v) is 3.50. The molecule has 3 amide bonds. The van der Waals surface area contributed by atoms with Gasteiger partial charge in [-0.25, -0.2) is 4.79 Å². The molecule has 0 bridgehead atoms. The average Bonchev–Trinajstić information content (AvgIpc) is 2.76. The van der Waals surface area contributed by atoms with Gasteiger partial charge < -0.3 is 25.4 Å². The van der Waals surface area contributed by atoms with Crippen LogP contribution in [0, 0.1) is 0 Å². The lowest BCUT2D eigenvalue weighted by Gasteiger charge is -2.30. The van der Waals surface area contributed by atoms with E-state index in [0.29, 0.717) is 36.4 Å². The maximum Gasteiger partial charge on any atom is 0.573 e. The van der Waals surface area contributed by atoms with E-state index in [9.17, 15) is 22.8 Å². The zero-order valence-corrected chi connectivity index (χ0v) is 20.3. The van der Waals surface area contributed by atoms with Gasteiger partial charge in [0.2, 0.25) is 0 Å². The predicted octanol–water partition coefficient (Wildman–Crippen LogP) is 5.09. The number of rotatable bonds is 10. The zero-order valence-electron chi connectivity index (χ0n) is 20.3. The van der Waals surface area contributed by atoms with Crippen molar-refractivity contribution in [2.45, 2.75) is 46.1 Å². The SMILES string of the molecule is COc1cc(NC(=O)Nc2ccc(OC(F)(F)F)cc2)ccc1C(=O)NCCN(C(C)C)C(C)C. The van der Waals surface area contributed by atoms with Crippen molar-refractivity contribution in [1.82, 2.24) is 10.2 Å². The number of hydrogen-bond acceptors (Lipinski definition) is 5. The maximum absolute atomic E-state index is 12.6. The van der Waals surface area contributed by atoms with E-state index in [1.54, 1.807) is 6.07 Å². The van der Waals surface area contributed by atoms with Crippen molar-refractivity contribution >= 4 is 23.3 Å². The number of anilines is 2. The largest absolute Gasteiger partial charge is 0.573 e. The van der Waals surface area contributed by atoms with Crippen LogP contribution in [-0.4, -0.2) is 55.5 Å². The Hall–Kier alpha value is -3.47. The van der Waals surface area contributed by atoms with Gasteiger partial charge in [-0.3, -0.25) is 9.69 Å². The number of ether oxygens (including phenoxy) is 2. The molecule has 2 rings (SSSR count). The first-order chi connectivity index (χ1) is 16.4. The summed E-state index contributed by atoms with van der Waals surface area (Å²) < 4.78 is 45.8. The molecular formula is C24H31F3N4O4. The maximum atomic E-state index is 12.6. The lowest BCUT2D eigenvalue weighted by Crippen LogP contribution is -2.42. The Morgan fingerprint density at radius 1 is 0.943 bits per heavy atom. The molecule has 0 unspecified atom stereocenters. The number of nitrogens with one attached hydrogen (secondary N) is 3. The molecule has 0 radical (unpaired) electrons. The van der Waals surface area contributed by atoms with E-state index < -0.39 is 18.1 Å². The van der Waals surface area contributed by atoms with E-state index in [0.717, 1.165) is 12.1 Å². The van der Waals surface area contributed by atoms with Gasteiger partial charge in [-0.2, -0.15) is 0 Å². The summed E-state index contributed by atoms with van der Waals surface area (Å²) in [6.45, 7) is 9.57. The number of urea groups is 1. The first-order valence-corrected chi connectivity index (χ1v) is 11.1. The third-order valence-corrected chi connectivity index (χ3v) is 5.03. The molecule has 192 valence electrons. The van der Waals surface area contributed by atoms with Gasteiger partial charge in [0, 0.05) is 42.6 Å². The molecule has 3 N–H and O–H groups in total. The average molecular weight is 497 g/mol. The molecule has 0 heterocycles. The monoisotopic (exact) mass is 496 g/mol. The number of halogens is 3. The highest BCUT2D eigenvalue weighted by Crippen LogP contribution is 2.25. The molecule has 0 aliphatic heterocycles. The number of nitrogens with zero attached hydrogens (tertiary/aromatic N) is 1. The first-order valence-electron chi connectivity index (χ1n) is 11.1. The van der Waals surface area contributed by atoms with Crippen molar-refractivity contribution in [3.05, 3.63) is 48.0 Å². The van der Waals surface area contributed by atoms with Gasteiger partial charge in [-0.15, -0.1) is 13.2 Å². The van der Waals surface area contributed by atoms with Crippen LogP contribution in [0.15, 0.2) is 42.5 Å². The molecule has 0 saturated carbocycles. The minimum absolute atomic E-state index is 0.261. The Balaban J connectivity index is 1.96. The topological polar surface area (TPSA) is 91.9 Å². The predicted molar refractivity (Wildman–Crippen MR) is 128 cm³/mol. The zero-order chi connectivity index (χ0) is 26.2. The first kappa shape index (κ1) is 27.8. The van der Waals surface area contributed by atoms with Crippen LogP contribution >= 0.6 is 0 Å². The lowest BCUT2D eigenvalue weighted by atomic mass is 10.1. The van der Waals surface area contributed by atoms with Crippen molar-refractivity contribution in [1.29, 1.82) is 0 Å². The second-order valence-electron chi connectivity index (χ2n) is 8.25. The minimum Gasteiger partial charge on any atom is -0.496 e. The fraction of sp³-hybridized carbons (Fsp3) is 0.417. The number of amides is 3. The van der Waals surface area contributed by atoms with Crippen molar-refractivity contribution < 1.29 is 32.2 Å². The molecule has 0 fully saturated rings. The van der Waals surface area contributed by atoms with E-state index in [-0.39, 0.29) is 17.3 Å². The Morgan fingerprint density at radius 3 is 2.06 bits per heavy atom. The van der Waals surface area contributed by atoms with Gasteiger partial charge in [-0.1, -0.05) is 0 Å². The molecule has 2 aromatic carbocycles. The van der Waals surface area contributed by atoms with E-state index in [2.05, 4.69) is 53.3 Å². The summed E-state index contributed by atoms with van der Waals surface area (Å²) in [6.07, 6.45) is -4.79. The molecular weight excluding hydrogens is 465 g/mol. The van der Waals surface area contributed by atoms with Crippen LogP contribution in [0.3, 0.4) is 0 Å². The number of hydrogen-bond donors (Lipinski definition) is 3. The number of alkyl halides is 3. The summed E-state index contributed by atoms with van der Waals surface area (Å²) in [5, 5.41) is 7.97. The van der Waals surface area contributed by atoms with Gasteiger partial charge in [0.05, 0.1) is 12.7 Å². The third kappa shape index (κ3) is 9.01. The molecule has 11 heteroatoms. The molecule has 35 heavy (non-hydrogen) atoms. The van der Waals surface area contributed by atoms with Crippen LogP contribution < -0.4 is 25.4 Å². The summed E-state index contributed by atoms with van der Waals surface area (Å²) >= 11 is 0.